The zero-order chi connectivity index (χ0) is 22.2. The molecule has 3 nitrogen and oxygen atoms in total. The molecule has 0 atom stereocenters. The quantitative estimate of drug-likeness (QED) is 0.155. The monoisotopic (exact) mass is 423 g/mol. The highest BCUT2D eigenvalue weighted by atomic mass is 16.5. The van der Waals surface area contributed by atoms with E-state index in [0.29, 0.717) is 12.2 Å². The fourth-order valence-electron chi connectivity index (χ4n) is 3.78. The number of aryl methyl sites for hydroxylation is 1. The molecule has 0 saturated heterocycles. The van der Waals surface area contributed by atoms with Crippen molar-refractivity contribution in [2.24, 2.45) is 0 Å². The van der Waals surface area contributed by atoms with Gasteiger partial charge in [0.1, 0.15) is 5.75 Å². The van der Waals surface area contributed by atoms with Crippen LogP contribution in [0, 0.1) is 0 Å². The van der Waals surface area contributed by atoms with Crippen LogP contribution in [0.1, 0.15) is 103 Å². The molecule has 0 amide bonds. The van der Waals surface area contributed by atoms with Crippen LogP contribution < -0.4 is 4.74 Å². The highest BCUT2D eigenvalue weighted by molar-refractivity contribution is 5.72. The number of carbonyl (C=O) groups excluding carboxylic acids is 1. The molecule has 0 aliphatic carbocycles. The number of carbonyl (C=O) groups is 1. The maximum absolute atomic E-state index is 12.0. The van der Waals surface area contributed by atoms with E-state index in [1.807, 2.05) is 30.5 Å². The fourth-order valence-corrected chi connectivity index (χ4v) is 3.78. The number of rotatable bonds is 16. The topological polar surface area (TPSA) is 39.2 Å². The molecule has 0 unspecified atom stereocenters. The predicted molar refractivity (Wildman–Crippen MR) is 130 cm³/mol. The molecule has 170 valence electrons. The third kappa shape index (κ3) is 10.6. The number of nitrogens with zero attached hydrogens (tertiary/aromatic N) is 1. The van der Waals surface area contributed by atoms with Gasteiger partial charge in [0, 0.05) is 18.2 Å². The average molecular weight is 424 g/mol. The summed E-state index contributed by atoms with van der Waals surface area (Å²) < 4.78 is 5.47. The van der Waals surface area contributed by atoms with Gasteiger partial charge < -0.3 is 4.74 Å². The van der Waals surface area contributed by atoms with E-state index in [1.165, 1.54) is 69.8 Å². The van der Waals surface area contributed by atoms with Crippen LogP contribution in [0.4, 0.5) is 0 Å². The molecule has 31 heavy (non-hydrogen) atoms. The van der Waals surface area contributed by atoms with Gasteiger partial charge in [0.2, 0.25) is 0 Å². The standard InChI is InChI=1S/C28H41NO2/c1-3-5-7-9-11-13-15-24-17-22-27(29-23-24)25-18-20-26(21-19-25)31-28(30)16-14-12-10-8-6-4-2/h17-23H,3-16H2,1-2H3. The highest BCUT2D eigenvalue weighted by Gasteiger charge is 2.06. The van der Waals surface area contributed by atoms with E-state index in [9.17, 15) is 4.79 Å². The van der Waals surface area contributed by atoms with E-state index in [1.54, 1.807) is 0 Å². The molecule has 0 saturated carbocycles. The van der Waals surface area contributed by atoms with Gasteiger partial charge in [0.15, 0.2) is 0 Å². The molecule has 0 aliphatic heterocycles. The van der Waals surface area contributed by atoms with Crippen LogP contribution in [-0.4, -0.2) is 11.0 Å². The third-order valence-corrected chi connectivity index (χ3v) is 5.76. The normalized spacial score (nSPS) is 10.9. The Morgan fingerprint density at radius 2 is 1.35 bits per heavy atom. The lowest BCUT2D eigenvalue weighted by Crippen LogP contribution is -2.07. The Morgan fingerprint density at radius 3 is 1.97 bits per heavy atom. The minimum Gasteiger partial charge on any atom is -0.427 e. The van der Waals surface area contributed by atoms with Crippen molar-refractivity contribution in [1.29, 1.82) is 0 Å². The summed E-state index contributed by atoms with van der Waals surface area (Å²) in [4.78, 5) is 16.7. The predicted octanol–water partition coefficient (Wildman–Crippen LogP) is 8.31. The van der Waals surface area contributed by atoms with Crippen molar-refractivity contribution in [3.05, 3.63) is 48.2 Å². The average Bonchev–Trinajstić information content (AvgIpc) is 2.79. The summed E-state index contributed by atoms with van der Waals surface area (Å²) in [7, 11) is 0. The number of aromatic nitrogens is 1. The molecule has 0 aliphatic rings. The van der Waals surface area contributed by atoms with Crippen LogP contribution in [0.3, 0.4) is 0 Å². The SMILES string of the molecule is CCCCCCCCC(=O)Oc1ccc(-c2ccc(CCCCCCCC)cn2)cc1. The smallest absolute Gasteiger partial charge is 0.311 e. The molecule has 1 aromatic heterocycles. The second kappa shape index (κ2) is 15.6. The first-order valence-electron chi connectivity index (χ1n) is 12.5. The molecular formula is C28H41NO2. The summed E-state index contributed by atoms with van der Waals surface area (Å²) in [6.07, 6.45) is 18.5. The lowest BCUT2D eigenvalue weighted by atomic mass is 10.1. The summed E-state index contributed by atoms with van der Waals surface area (Å²) in [5.74, 6) is 0.472. The van der Waals surface area contributed by atoms with Crippen molar-refractivity contribution in [2.45, 2.75) is 104 Å². The molecule has 0 spiro atoms. The Labute approximate surface area is 189 Å². The number of esters is 1. The van der Waals surface area contributed by atoms with Gasteiger partial charge in [-0.15, -0.1) is 0 Å². The Balaban J connectivity index is 1.71. The lowest BCUT2D eigenvalue weighted by Gasteiger charge is -2.07. The van der Waals surface area contributed by atoms with Crippen molar-refractivity contribution < 1.29 is 9.53 Å². The Hall–Kier alpha value is -2.16. The molecule has 3 heteroatoms. The summed E-state index contributed by atoms with van der Waals surface area (Å²) >= 11 is 0. The van der Waals surface area contributed by atoms with E-state index < -0.39 is 0 Å². The molecule has 1 aromatic carbocycles. The first kappa shape index (κ1) is 25.1. The van der Waals surface area contributed by atoms with Crippen LogP contribution in [0.5, 0.6) is 5.75 Å². The molecule has 0 bridgehead atoms. The van der Waals surface area contributed by atoms with E-state index >= 15 is 0 Å². The van der Waals surface area contributed by atoms with Crippen molar-refractivity contribution in [1.82, 2.24) is 4.98 Å². The maximum atomic E-state index is 12.0. The summed E-state index contributed by atoms with van der Waals surface area (Å²) in [6, 6.07) is 11.9. The van der Waals surface area contributed by atoms with Gasteiger partial charge >= 0.3 is 5.97 Å². The largest absolute Gasteiger partial charge is 0.427 e. The number of benzene rings is 1. The number of pyridine rings is 1. The molecule has 2 aromatic rings. The number of unbranched alkanes of at least 4 members (excludes halogenated alkanes) is 10. The van der Waals surface area contributed by atoms with Crippen LogP contribution in [0.25, 0.3) is 11.3 Å². The molecule has 0 fully saturated rings. The van der Waals surface area contributed by atoms with E-state index in [2.05, 4.69) is 31.0 Å². The van der Waals surface area contributed by atoms with Crippen molar-refractivity contribution in [2.75, 3.05) is 0 Å². The van der Waals surface area contributed by atoms with E-state index in [0.717, 1.165) is 30.5 Å². The Morgan fingerprint density at radius 1 is 0.742 bits per heavy atom. The van der Waals surface area contributed by atoms with Gasteiger partial charge in [-0.3, -0.25) is 9.78 Å². The molecule has 0 radical (unpaired) electrons. The van der Waals surface area contributed by atoms with Gasteiger partial charge in [-0.2, -0.15) is 0 Å². The fraction of sp³-hybridized carbons (Fsp3) is 0.571. The van der Waals surface area contributed by atoms with Crippen LogP contribution in [0.15, 0.2) is 42.6 Å². The van der Waals surface area contributed by atoms with Crippen LogP contribution in [-0.2, 0) is 11.2 Å². The van der Waals surface area contributed by atoms with Crippen LogP contribution in [0.2, 0.25) is 0 Å². The van der Waals surface area contributed by atoms with Gasteiger partial charge in [-0.1, -0.05) is 84.1 Å². The van der Waals surface area contributed by atoms with E-state index in [4.69, 9.17) is 4.74 Å². The lowest BCUT2D eigenvalue weighted by molar-refractivity contribution is -0.134. The summed E-state index contributed by atoms with van der Waals surface area (Å²) in [5.41, 5.74) is 3.30. The number of ether oxygens (including phenoxy) is 1. The molecule has 1 heterocycles. The minimum atomic E-state index is -0.139. The summed E-state index contributed by atoms with van der Waals surface area (Å²) in [6.45, 7) is 4.47. The van der Waals surface area contributed by atoms with Gasteiger partial charge in [0.05, 0.1) is 5.69 Å². The second-order valence-electron chi connectivity index (χ2n) is 8.59. The zero-order valence-corrected chi connectivity index (χ0v) is 19.7. The Bertz CT molecular complexity index is 722. The maximum Gasteiger partial charge on any atom is 0.311 e. The zero-order valence-electron chi connectivity index (χ0n) is 19.7. The van der Waals surface area contributed by atoms with Crippen molar-refractivity contribution in [3.8, 4) is 17.0 Å². The Kier molecular flexibility index (Phi) is 12.6. The number of hydrogen-bond acceptors (Lipinski definition) is 3. The van der Waals surface area contributed by atoms with Crippen LogP contribution >= 0.6 is 0 Å². The molecule has 0 N–H and O–H groups in total. The first-order chi connectivity index (χ1) is 15.2. The minimum absolute atomic E-state index is 0.139. The molecular weight excluding hydrogens is 382 g/mol. The number of hydrogen-bond donors (Lipinski definition) is 0. The van der Waals surface area contributed by atoms with Gasteiger partial charge in [-0.25, -0.2) is 0 Å². The molecule has 2 rings (SSSR count). The highest BCUT2D eigenvalue weighted by Crippen LogP contribution is 2.22. The first-order valence-corrected chi connectivity index (χ1v) is 12.5. The third-order valence-electron chi connectivity index (χ3n) is 5.76. The van der Waals surface area contributed by atoms with Crippen molar-refractivity contribution in [3.63, 3.8) is 0 Å². The van der Waals surface area contributed by atoms with E-state index in [-0.39, 0.29) is 5.97 Å². The summed E-state index contributed by atoms with van der Waals surface area (Å²) in [5, 5.41) is 0. The second-order valence-corrected chi connectivity index (χ2v) is 8.59. The van der Waals surface area contributed by atoms with Gasteiger partial charge in [0.25, 0.3) is 0 Å². The van der Waals surface area contributed by atoms with Crippen molar-refractivity contribution >= 4 is 5.97 Å². The van der Waals surface area contributed by atoms with Gasteiger partial charge in [-0.05, 0) is 55.2 Å².